The summed E-state index contributed by atoms with van der Waals surface area (Å²) in [6, 6.07) is 0. The van der Waals surface area contributed by atoms with Gasteiger partial charge in [-0.25, -0.2) is 4.79 Å². The second-order valence-corrected chi connectivity index (χ2v) is 2.89. The fourth-order valence-electron chi connectivity index (χ4n) is 0.732. The standard InChI is InChI=1S/C6H9NO6S/c8-3(9)1-7(2-4(10)11)5(14)6(12)13/h5,14H,1-2H2,(H,8,9)(H,10,11)(H,12,13). The van der Waals surface area contributed by atoms with Gasteiger partial charge in [0.05, 0.1) is 13.1 Å². The topological polar surface area (TPSA) is 115 Å². The van der Waals surface area contributed by atoms with E-state index in [0.717, 1.165) is 0 Å². The van der Waals surface area contributed by atoms with Crippen LogP contribution in [0.2, 0.25) is 0 Å². The lowest BCUT2D eigenvalue weighted by atomic mass is 10.4. The third-order valence-electron chi connectivity index (χ3n) is 1.24. The summed E-state index contributed by atoms with van der Waals surface area (Å²) in [6.45, 7) is -1.38. The molecule has 14 heavy (non-hydrogen) atoms. The SMILES string of the molecule is O=C(O)CN(CC(=O)O)C(S)C(=O)O. The molecule has 0 bridgehead atoms. The fourth-order valence-corrected chi connectivity index (χ4v) is 0.896. The Bertz CT molecular complexity index is 239. The van der Waals surface area contributed by atoms with Gasteiger partial charge in [0.1, 0.15) is 0 Å². The molecule has 8 heteroatoms. The van der Waals surface area contributed by atoms with Crippen LogP contribution < -0.4 is 0 Å². The first-order valence-electron chi connectivity index (χ1n) is 3.43. The number of hydrogen-bond donors (Lipinski definition) is 4. The van der Waals surface area contributed by atoms with E-state index in [4.69, 9.17) is 15.3 Å². The van der Waals surface area contributed by atoms with Gasteiger partial charge < -0.3 is 15.3 Å². The molecule has 0 saturated carbocycles. The summed E-state index contributed by atoms with van der Waals surface area (Å²) >= 11 is 3.57. The number of rotatable bonds is 6. The molecule has 0 saturated heterocycles. The summed E-state index contributed by atoms with van der Waals surface area (Å²) in [6.07, 6.45) is 0. The Morgan fingerprint density at radius 1 is 1.07 bits per heavy atom. The summed E-state index contributed by atoms with van der Waals surface area (Å²) in [7, 11) is 0. The van der Waals surface area contributed by atoms with Crippen LogP contribution in [-0.4, -0.2) is 56.6 Å². The second kappa shape index (κ2) is 5.45. The van der Waals surface area contributed by atoms with Crippen molar-refractivity contribution in [3.8, 4) is 0 Å². The summed E-state index contributed by atoms with van der Waals surface area (Å²) in [5.41, 5.74) is 0. The average Bonchev–Trinajstić information content (AvgIpc) is 1.99. The van der Waals surface area contributed by atoms with Gasteiger partial charge in [0.2, 0.25) is 0 Å². The maximum Gasteiger partial charge on any atom is 0.331 e. The molecule has 0 fully saturated rings. The van der Waals surface area contributed by atoms with Crippen LogP contribution >= 0.6 is 12.6 Å². The van der Waals surface area contributed by atoms with Crippen molar-refractivity contribution in [1.29, 1.82) is 0 Å². The molecule has 0 aliphatic heterocycles. The Morgan fingerprint density at radius 3 is 1.64 bits per heavy atom. The Labute approximate surface area is 84.3 Å². The molecule has 0 aromatic heterocycles. The number of carbonyl (C=O) groups is 3. The molecule has 80 valence electrons. The van der Waals surface area contributed by atoms with Crippen molar-refractivity contribution in [2.24, 2.45) is 0 Å². The van der Waals surface area contributed by atoms with Gasteiger partial charge in [0.25, 0.3) is 0 Å². The lowest BCUT2D eigenvalue weighted by Crippen LogP contribution is -2.43. The molecule has 0 rings (SSSR count). The third-order valence-corrected chi connectivity index (χ3v) is 1.79. The maximum absolute atomic E-state index is 10.4. The molecule has 0 aromatic carbocycles. The highest BCUT2D eigenvalue weighted by atomic mass is 32.1. The predicted octanol–water partition coefficient (Wildman–Crippen LogP) is -1.20. The molecular weight excluding hydrogens is 214 g/mol. The van der Waals surface area contributed by atoms with Crippen molar-refractivity contribution in [2.75, 3.05) is 13.1 Å². The van der Waals surface area contributed by atoms with Crippen LogP contribution in [0.25, 0.3) is 0 Å². The summed E-state index contributed by atoms with van der Waals surface area (Å²) in [5, 5.41) is 23.8. The van der Waals surface area contributed by atoms with Crippen LogP contribution in [0.3, 0.4) is 0 Å². The molecule has 0 aliphatic rings. The van der Waals surface area contributed by atoms with Crippen molar-refractivity contribution < 1.29 is 29.7 Å². The van der Waals surface area contributed by atoms with E-state index in [1.165, 1.54) is 0 Å². The van der Waals surface area contributed by atoms with Crippen LogP contribution in [0.1, 0.15) is 0 Å². The fraction of sp³-hybridized carbons (Fsp3) is 0.500. The van der Waals surface area contributed by atoms with Crippen LogP contribution in [0.15, 0.2) is 0 Å². The monoisotopic (exact) mass is 223 g/mol. The van der Waals surface area contributed by atoms with Crippen LogP contribution in [0, 0.1) is 0 Å². The first-order chi connectivity index (χ1) is 6.34. The number of carboxylic acids is 3. The number of aliphatic carboxylic acids is 3. The molecule has 1 unspecified atom stereocenters. The van der Waals surface area contributed by atoms with Gasteiger partial charge in [-0.3, -0.25) is 14.5 Å². The van der Waals surface area contributed by atoms with Gasteiger partial charge in [0, 0.05) is 0 Å². The minimum Gasteiger partial charge on any atom is -0.480 e. The quantitative estimate of drug-likeness (QED) is 0.330. The van der Waals surface area contributed by atoms with Crippen LogP contribution in [0.5, 0.6) is 0 Å². The third kappa shape index (κ3) is 4.67. The number of hydrogen-bond acceptors (Lipinski definition) is 5. The smallest absolute Gasteiger partial charge is 0.331 e. The summed E-state index contributed by atoms with van der Waals surface area (Å²) < 4.78 is 0. The zero-order valence-corrected chi connectivity index (χ0v) is 7.85. The lowest BCUT2D eigenvalue weighted by molar-refractivity contribution is -0.145. The number of nitrogens with zero attached hydrogens (tertiary/aromatic N) is 1. The van der Waals surface area contributed by atoms with Crippen molar-refractivity contribution in [1.82, 2.24) is 4.90 Å². The zero-order chi connectivity index (χ0) is 11.3. The van der Waals surface area contributed by atoms with Crippen molar-refractivity contribution in [3.05, 3.63) is 0 Å². The maximum atomic E-state index is 10.4. The molecule has 7 nitrogen and oxygen atoms in total. The van der Waals surface area contributed by atoms with E-state index in [1.54, 1.807) is 0 Å². The van der Waals surface area contributed by atoms with Gasteiger partial charge in [-0.15, -0.1) is 12.6 Å². The molecule has 0 aromatic rings. The largest absolute Gasteiger partial charge is 0.480 e. The van der Waals surface area contributed by atoms with Gasteiger partial charge >= 0.3 is 17.9 Å². The van der Waals surface area contributed by atoms with E-state index in [0.29, 0.717) is 4.90 Å². The van der Waals surface area contributed by atoms with Gasteiger partial charge in [-0.05, 0) is 0 Å². The Morgan fingerprint density at radius 2 is 1.43 bits per heavy atom. The van der Waals surface area contributed by atoms with Crippen LogP contribution in [-0.2, 0) is 14.4 Å². The van der Waals surface area contributed by atoms with E-state index >= 15 is 0 Å². The molecule has 1 atom stereocenters. The van der Waals surface area contributed by atoms with E-state index in [9.17, 15) is 14.4 Å². The second-order valence-electron chi connectivity index (χ2n) is 2.40. The number of carboxylic acid groups (broad SMARTS) is 3. The molecular formula is C6H9NO6S. The average molecular weight is 223 g/mol. The predicted molar refractivity (Wildman–Crippen MR) is 47.3 cm³/mol. The summed E-state index contributed by atoms with van der Waals surface area (Å²) in [5.74, 6) is -4.02. The van der Waals surface area contributed by atoms with E-state index in [1.807, 2.05) is 0 Å². The highest BCUT2D eigenvalue weighted by molar-refractivity contribution is 7.81. The summed E-state index contributed by atoms with van der Waals surface area (Å²) in [4.78, 5) is 31.6. The lowest BCUT2D eigenvalue weighted by Gasteiger charge is -2.20. The molecule has 0 aliphatic carbocycles. The van der Waals surface area contributed by atoms with Crippen molar-refractivity contribution in [3.63, 3.8) is 0 Å². The Balaban J connectivity index is 4.45. The minimum atomic E-state index is -1.44. The van der Waals surface area contributed by atoms with E-state index in [2.05, 4.69) is 12.6 Å². The molecule has 0 spiro atoms. The number of thiol groups is 1. The van der Waals surface area contributed by atoms with Crippen LogP contribution in [0.4, 0.5) is 0 Å². The van der Waals surface area contributed by atoms with Gasteiger partial charge in [-0.1, -0.05) is 0 Å². The molecule has 0 radical (unpaired) electrons. The van der Waals surface area contributed by atoms with Crippen molar-refractivity contribution >= 4 is 30.5 Å². The molecule has 0 amide bonds. The van der Waals surface area contributed by atoms with Gasteiger partial charge in [-0.2, -0.15) is 0 Å². The first kappa shape index (κ1) is 12.7. The highest BCUT2D eigenvalue weighted by Crippen LogP contribution is 2.03. The van der Waals surface area contributed by atoms with Gasteiger partial charge in [0.15, 0.2) is 5.37 Å². The zero-order valence-electron chi connectivity index (χ0n) is 6.95. The normalized spacial score (nSPS) is 12.4. The van der Waals surface area contributed by atoms with E-state index in [-0.39, 0.29) is 0 Å². The molecule has 3 N–H and O–H groups in total. The Hall–Kier alpha value is -1.28. The van der Waals surface area contributed by atoms with E-state index < -0.39 is 36.4 Å². The minimum absolute atomic E-state index is 0.688. The first-order valence-corrected chi connectivity index (χ1v) is 3.94. The molecule has 0 heterocycles. The highest BCUT2D eigenvalue weighted by Gasteiger charge is 2.25. The Kier molecular flexibility index (Phi) is 4.95. The van der Waals surface area contributed by atoms with Crippen molar-refractivity contribution in [2.45, 2.75) is 5.37 Å².